The molecule has 4 aromatic rings. The first-order valence-electron chi connectivity index (χ1n) is 11.6. The van der Waals surface area contributed by atoms with E-state index in [2.05, 4.69) is 20.4 Å². The molecule has 0 spiro atoms. The number of hydrogen-bond acceptors (Lipinski definition) is 6. The maximum absolute atomic E-state index is 13.8. The van der Waals surface area contributed by atoms with Gasteiger partial charge in [0.15, 0.2) is 5.82 Å². The molecule has 3 aromatic carbocycles. The van der Waals surface area contributed by atoms with Crippen LogP contribution in [-0.4, -0.2) is 62.1 Å². The number of halogens is 1. The first kappa shape index (κ1) is 21.4. The summed E-state index contributed by atoms with van der Waals surface area (Å²) < 4.78 is 21.3. The van der Waals surface area contributed by atoms with Crippen molar-refractivity contribution in [1.29, 1.82) is 0 Å². The van der Waals surface area contributed by atoms with Crippen LogP contribution < -0.4 is 4.74 Å². The Labute approximate surface area is 201 Å². The van der Waals surface area contributed by atoms with E-state index in [1.165, 1.54) is 12.1 Å². The van der Waals surface area contributed by atoms with Gasteiger partial charge in [0.25, 0.3) is 0 Å². The Bertz CT molecular complexity index is 1340. The number of rotatable bonds is 4. The molecule has 0 atom stereocenters. The standard InChI is InChI=1S/C26H23FN6O2/c27-18-6-5-7-19(16-18)33-24(28-29-30-33)17-31-12-14-32(15-13-31)26(34)25-20-8-1-3-10-22(20)35-23-11-4-2-9-21(23)25/h1-11,16,25H,12-15,17H2. The van der Waals surface area contributed by atoms with Gasteiger partial charge in [0.1, 0.15) is 17.3 Å². The molecule has 0 aliphatic carbocycles. The minimum absolute atomic E-state index is 0.0810. The topological polar surface area (TPSA) is 76.4 Å². The summed E-state index contributed by atoms with van der Waals surface area (Å²) >= 11 is 0. The predicted molar refractivity (Wildman–Crippen MR) is 126 cm³/mol. The lowest BCUT2D eigenvalue weighted by molar-refractivity contribution is -0.133. The summed E-state index contributed by atoms with van der Waals surface area (Å²) in [5, 5.41) is 11.9. The van der Waals surface area contributed by atoms with Crippen molar-refractivity contribution >= 4 is 5.91 Å². The summed E-state index contributed by atoms with van der Waals surface area (Å²) in [6, 6.07) is 21.7. The van der Waals surface area contributed by atoms with Crippen molar-refractivity contribution < 1.29 is 13.9 Å². The third-order valence-corrected chi connectivity index (χ3v) is 6.56. The van der Waals surface area contributed by atoms with E-state index >= 15 is 0 Å². The quantitative estimate of drug-likeness (QED) is 0.455. The predicted octanol–water partition coefficient (Wildman–Crippen LogP) is 3.38. The molecule has 0 saturated carbocycles. The average Bonchev–Trinajstić information content (AvgIpc) is 3.35. The summed E-state index contributed by atoms with van der Waals surface area (Å²) in [5.41, 5.74) is 2.37. The van der Waals surface area contributed by atoms with Crippen molar-refractivity contribution in [1.82, 2.24) is 30.0 Å². The van der Waals surface area contributed by atoms with Gasteiger partial charge in [-0.05, 0) is 40.8 Å². The van der Waals surface area contributed by atoms with Gasteiger partial charge in [-0.2, -0.15) is 4.68 Å². The van der Waals surface area contributed by atoms with Gasteiger partial charge in [-0.15, -0.1) is 5.10 Å². The minimum atomic E-state index is -0.386. The highest BCUT2D eigenvalue weighted by Gasteiger charge is 2.36. The summed E-state index contributed by atoms with van der Waals surface area (Å²) in [7, 11) is 0. The number of fused-ring (bicyclic) bond motifs is 2. The number of nitrogens with zero attached hydrogens (tertiary/aromatic N) is 6. The van der Waals surface area contributed by atoms with Crippen LogP contribution in [0.25, 0.3) is 5.69 Å². The molecule has 6 rings (SSSR count). The summed E-state index contributed by atoms with van der Waals surface area (Å²) in [6.45, 7) is 3.08. The molecule has 176 valence electrons. The molecule has 0 N–H and O–H groups in total. The second kappa shape index (κ2) is 8.92. The first-order valence-corrected chi connectivity index (χ1v) is 11.6. The van der Waals surface area contributed by atoms with Crippen LogP contribution in [0.15, 0.2) is 72.8 Å². The van der Waals surface area contributed by atoms with E-state index in [9.17, 15) is 9.18 Å². The van der Waals surface area contributed by atoms with Crippen molar-refractivity contribution in [3.05, 3.63) is 95.6 Å². The zero-order valence-corrected chi connectivity index (χ0v) is 18.9. The molecule has 0 unspecified atom stereocenters. The normalized spacial score (nSPS) is 15.9. The summed E-state index contributed by atoms with van der Waals surface area (Å²) in [5.74, 6) is 1.44. The van der Waals surface area contributed by atoms with Crippen LogP contribution in [0.2, 0.25) is 0 Å². The van der Waals surface area contributed by atoms with Gasteiger partial charge in [-0.1, -0.05) is 42.5 Å². The van der Waals surface area contributed by atoms with E-state index in [4.69, 9.17) is 4.74 Å². The Morgan fingerprint density at radius 2 is 1.60 bits per heavy atom. The largest absolute Gasteiger partial charge is 0.457 e. The third-order valence-electron chi connectivity index (χ3n) is 6.56. The Kier molecular flexibility index (Phi) is 5.46. The van der Waals surface area contributed by atoms with E-state index in [1.54, 1.807) is 16.8 Å². The number of benzene rings is 3. The third kappa shape index (κ3) is 4.04. The number of carbonyl (C=O) groups excluding carboxylic acids is 1. The highest BCUT2D eigenvalue weighted by Crippen LogP contribution is 2.44. The number of carbonyl (C=O) groups is 1. The molecule has 8 nitrogen and oxygen atoms in total. The molecule has 0 radical (unpaired) electrons. The van der Waals surface area contributed by atoms with Crippen LogP contribution in [0.3, 0.4) is 0 Å². The van der Waals surface area contributed by atoms with Crippen LogP contribution in [0.1, 0.15) is 22.9 Å². The highest BCUT2D eigenvalue weighted by molar-refractivity contribution is 5.89. The Morgan fingerprint density at radius 1 is 0.914 bits per heavy atom. The lowest BCUT2D eigenvalue weighted by Gasteiger charge is -2.37. The fraction of sp³-hybridized carbons (Fsp3) is 0.231. The molecule has 0 bridgehead atoms. The second-order valence-electron chi connectivity index (χ2n) is 8.70. The monoisotopic (exact) mass is 470 g/mol. The van der Waals surface area contributed by atoms with Crippen molar-refractivity contribution in [2.45, 2.75) is 12.5 Å². The molecular weight excluding hydrogens is 447 g/mol. The zero-order chi connectivity index (χ0) is 23.8. The fourth-order valence-corrected chi connectivity index (χ4v) is 4.80. The molecule has 1 saturated heterocycles. The number of ether oxygens (including phenoxy) is 1. The fourth-order valence-electron chi connectivity index (χ4n) is 4.80. The van der Waals surface area contributed by atoms with Gasteiger partial charge in [0.2, 0.25) is 5.91 Å². The molecular formula is C26H23FN6O2. The van der Waals surface area contributed by atoms with Crippen molar-refractivity contribution in [2.24, 2.45) is 0 Å². The van der Waals surface area contributed by atoms with Crippen LogP contribution >= 0.6 is 0 Å². The maximum Gasteiger partial charge on any atom is 0.234 e. The molecule has 1 fully saturated rings. The second-order valence-corrected chi connectivity index (χ2v) is 8.70. The van der Waals surface area contributed by atoms with E-state index < -0.39 is 0 Å². The summed E-state index contributed by atoms with van der Waals surface area (Å²) in [4.78, 5) is 17.9. The van der Waals surface area contributed by atoms with Gasteiger partial charge >= 0.3 is 0 Å². The average molecular weight is 471 g/mol. The maximum atomic E-state index is 13.8. The van der Waals surface area contributed by atoms with E-state index in [0.717, 1.165) is 22.6 Å². The van der Waals surface area contributed by atoms with Crippen LogP contribution in [-0.2, 0) is 11.3 Å². The van der Waals surface area contributed by atoms with E-state index in [1.807, 2.05) is 53.4 Å². The van der Waals surface area contributed by atoms with Crippen molar-refractivity contribution in [3.8, 4) is 17.2 Å². The molecule has 2 aliphatic rings. The molecule has 1 amide bonds. The lowest BCUT2D eigenvalue weighted by atomic mass is 9.86. The minimum Gasteiger partial charge on any atom is -0.457 e. The lowest BCUT2D eigenvalue weighted by Crippen LogP contribution is -2.50. The number of tetrazole rings is 1. The van der Waals surface area contributed by atoms with Crippen molar-refractivity contribution in [3.63, 3.8) is 0 Å². The van der Waals surface area contributed by atoms with E-state index in [0.29, 0.717) is 44.2 Å². The SMILES string of the molecule is O=C(C1c2ccccc2Oc2ccccc21)N1CCN(Cc2nnnn2-c2cccc(F)c2)CC1. The Morgan fingerprint density at radius 3 is 2.29 bits per heavy atom. The Balaban J connectivity index is 1.17. The number of hydrogen-bond donors (Lipinski definition) is 0. The Hall–Kier alpha value is -4.11. The smallest absolute Gasteiger partial charge is 0.234 e. The molecule has 1 aromatic heterocycles. The molecule has 9 heteroatoms. The van der Waals surface area contributed by atoms with Gasteiger partial charge in [-0.25, -0.2) is 4.39 Å². The van der Waals surface area contributed by atoms with Gasteiger partial charge < -0.3 is 9.64 Å². The summed E-state index contributed by atoms with van der Waals surface area (Å²) in [6.07, 6.45) is 0. The number of aromatic nitrogens is 4. The van der Waals surface area contributed by atoms with Crippen LogP contribution in [0, 0.1) is 5.82 Å². The zero-order valence-electron chi connectivity index (χ0n) is 18.9. The first-order chi connectivity index (χ1) is 17.2. The number of para-hydroxylation sites is 2. The van der Waals surface area contributed by atoms with Gasteiger partial charge in [0, 0.05) is 37.3 Å². The van der Waals surface area contributed by atoms with E-state index in [-0.39, 0.29) is 17.6 Å². The molecule has 3 heterocycles. The number of amides is 1. The highest BCUT2D eigenvalue weighted by atomic mass is 19.1. The van der Waals surface area contributed by atoms with Gasteiger partial charge in [0.05, 0.1) is 18.2 Å². The van der Waals surface area contributed by atoms with Crippen LogP contribution in [0.5, 0.6) is 11.5 Å². The number of piperazine rings is 1. The van der Waals surface area contributed by atoms with Crippen molar-refractivity contribution in [2.75, 3.05) is 26.2 Å². The molecule has 2 aliphatic heterocycles. The van der Waals surface area contributed by atoms with Crippen LogP contribution in [0.4, 0.5) is 4.39 Å². The molecule has 35 heavy (non-hydrogen) atoms. The van der Waals surface area contributed by atoms with Gasteiger partial charge in [-0.3, -0.25) is 9.69 Å².